The molecule has 1 rings (SSSR count). The van der Waals surface area contributed by atoms with Crippen molar-refractivity contribution in [2.45, 2.75) is 12.3 Å². The summed E-state index contributed by atoms with van der Waals surface area (Å²) in [6.45, 7) is 3.48. The smallest absolute Gasteiger partial charge is 0.311 e. The van der Waals surface area contributed by atoms with Crippen molar-refractivity contribution in [2.75, 3.05) is 0 Å². The van der Waals surface area contributed by atoms with E-state index in [-0.39, 0.29) is 11.4 Å². The van der Waals surface area contributed by atoms with Crippen LogP contribution in [0.3, 0.4) is 0 Å². The Hall–Kier alpha value is -1.35. The summed E-state index contributed by atoms with van der Waals surface area (Å²) in [5.74, 6) is -2.25. The van der Waals surface area contributed by atoms with Crippen LogP contribution in [0.2, 0.25) is 5.02 Å². The first kappa shape index (κ1) is 11.7. The number of carboxylic acid groups (broad SMARTS) is 1. The van der Waals surface area contributed by atoms with E-state index >= 15 is 0 Å². The minimum Gasteiger partial charge on any atom is -0.481 e. The van der Waals surface area contributed by atoms with Gasteiger partial charge in [-0.3, -0.25) is 4.79 Å². The summed E-state index contributed by atoms with van der Waals surface area (Å²) < 4.78 is 12.8. The largest absolute Gasteiger partial charge is 0.481 e. The number of carboxylic acids is 1. The van der Waals surface area contributed by atoms with E-state index in [4.69, 9.17) is 16.7 Å². The van der Waals surface area contributed by atoms with Crippen molar-refractivity contribution in [3.63, 3.8) is 0 Å². The van der Waals surface area contributed by atoms with Crippen molar-refractivity contribution in [3.8, 4) is 0 Å². The molecule has 0 aromatic heterocycles. The lowest BCUT2D eigenvalue weighted by atomic mass is 9.96. The van der Waals surface area contributed by atoms with Crippen LogP contribution in [0.25, 0.3) is 0 Å². The van der Waals surface area contributed by atoms with Gasteiger partial charge in [0.15, 0.2) is 0 Å². The molecule has 1 atom stereocenters. The molecular weight excluding hydrogens is 219 g/mol. The molecule has 1 N–H and O–H groups in total. The van der Waals surface area contributed by atoms with Crippen LogP contribution in [-0.2, 0) is 4.79 Å². The van der Waals surface area contributed by atoms with Gasteiger partial charge in [-0.1, -0.05) is 23.7 Å². The van der Waals surface area contributed by atoms with E-state index in [1.54, 1.807) is 0 Å². The standard InChI is InChI=1S/C11H10ClFO2/c1-2-3-8(11(14)15)7-4-5-10(13)9(12)6-7/h2,4-6,8H,1,3H2,(H,14,15). The highest BCUT2D eigenvalue weighted by atomic mass is 35.5. The number of hydrogen-bond donors (Lipinski definition) is 1. The molecule has 1 aromatic rings. The summed E-state index contributed by atoms with van der Waals surface area (Å²) in [6, 6.07) is 3.92. The van der Waals surface area contributed by atoms with Crippen LogP contribution in [0.4, 0.5) is 4.39 Å². The maximum atomic E-state index is 12.8. The van der Waals surface area contributed by atoms with Crippen molar-refractivity contribution in [1.29, 1.82) is 0 Å². The number of aliphatic carboxylic acids is 1. The molecule has 0 aliphatic carbocycles. The van der Waals surface area contributed by atoms with E-state index in [9.17, 15) is 9.18 Å². The number of hydrogen-bond acceptors (Lipinski definition) is 1. The molecule has 15 heavy (non-hydrogen) atoms. The summed E-state index contributed by atoms with van der Waals surface area (Å²) in [7, 11) is 0. The van der Waals surface area contributed by atoms with Crippen LogP contribution in [0.1, 0.15) is 17.9 Å². The molecule has 4 heteroatoms. The Bertz CT molecular complexity index is 390. The first-order chi connectivity index (χ1) is 7.06. The second-order valence-electron chi connectivity index (χ2n) is 3.09. The number of rotatable bonds is 4. The molecular formula is C11H10ClFO2. The van der Waals surface area contributed by atoms with E-state index in [0.29, 0.717) is 5.56 Å². The Kier molecular flexibility index (Phi) is 3.86. The van der Waals surface area contributed by atoms with Gasteiger partial charge in [0.25, 0.3) is 0 Å². The molecule has 1 aromatic carbocycles. The molecule has 0 spiro atoms. The van der Waals surface area contributed by atoms with E-state index in [0.717, 1.165) is 6.07 Å². The van der Waals surface area contributed by atoms with Gasteiger partial charge in [0.05, 0.1) is 10.9 Å². The van der Waals surface area contributed by atoms with E-state index < -0.39 is 17.7 Å². The maximum Gasteiger partial charge on any atom is 0.311 e. The normalized spacial score (nSPS) is 12.1. The fraction of sp³-hybridized carbons (Fsp3) is 0.182. The molecule has 2 nitrogen and oxygen atoms in total. The lowest BCUT2D eigenvalue weighted by molar-refractivity contribution is -0.138. The number of allylic oxidation sites excluding steroid dienone is 1. The topological polar surface area (TPSA) is 37.3 Å². The first-order valence-electron chi connectivity index (χ1n) is 4.35. The Morgan fingerprint density at radius 1 is 1.67 bits per heavy atom. The average molecular weight is 229 g/mol. The molecule has 0 amide bonds. The second-order valence-corrected chi connectivity index (χ2v) is 3.50. The Labute approximate surface area is 92.0 Å². The summed E-state index contributed by atoms with van der Waals surface area (Å²) >= 11 is 5.57. The Balaban J connectivity index is 3.06. The Morgan fingerprint density at radius 2 is 2.33 bits per heavy atom. The highest BCUT2D eigenvalue weighted by Gasteiger charge is 2.18. The summed E-state index contributed by atoms with van der Waals surface area (Å²) in [6.07, 6.45) is 1.80. The average Bonchev–Trinajstić information content (AvgIpc) is 2.18. The van der Waals surface area contributed by atoms with Gasteiger partial charge in [-0.25, -0.2) is 4.39 Å². The minimum absolute atomic E-state index is 0.0668. The molecule has 80 valence electrons. The van der Waals surface area contributed by atoms with Gasteiger partial charge in [0.2, 0.25) is 0 Å². The minimum atomic E-state index is -0.974. The zero-order chi connectivity index (χ0) is 11.4. The first-order valence-corrected chi connectivity index (χ1v) is 4.72. The van der Waals surface area contributed by atoms with Gasteiger partial charge in [-0.2, -0.15) is 0 Å². The molecule has 0 heterocycles. The SMILES string of the molecule is C=CCC(C(=O)O)c1ccc(F)c(Cl)c1. The predicted octanol–water partition coefficient (Wildman–Crippen LogP) is 3.22. The zero-order valence-electron chi connectivity index (χ0n) is 7.91. The maximum absolute atomic E-state index is 12.8. The predicted molar refractivity (Wildman–Crippen MR) is 56.6 cm³/mol. The van der Waals surface area contributed by atoms with Crippen LogP contribution in [0.15, 0.2) is 30.9 Å². The summed E-state index contributed by atoms with van der Waals surface area (Å²) in [4.78, 5) is 10.9. The van der Waals surface area contributed by atoms with Gasteiger partial charge >= 0.3 is 5.97 Å². The van der Waals surface area contributed by atoms with Crippen LogP contribution in [0.5, 0.6) is 0 Å². The fourth-order valence-electron chi connectivity index (χ4n) is 1.28. The van der Waals surface area contributed by atoms with Gasteiger partial charge in [-0.15, -0.1) is 6.58 Å². The van der Waals surface area contributed by atoms with E-state index in [1.165, 1.54) is 18.2 Å². The van der Waals surface area contributed by atoms with Gasteiger partial charge in [0, 0.05) is 0 Å². The number of carbonyl (C=O) groups is 1. The highest BCUT2D eigenvalue weighted by Crippen LogP contribution is 2.25. The quantitative estimate of drug-likeness (QED) is 0.804. The lowest BCUT2D eigenvalue weighted by Crippen LogP contribution is -2.10. The lowest BCUT2D eigenvalue weighted by Gasteiger charge is -2.10. The highest BCUT2D eigenvalue weighted by molar-refractivity contribution is 6.30. The van der Waals surface area contributed by atoms with Gasteiger partial charge in [0.1, 0.15) is 5.82 Å². The monoisotopic (exact) mass is 228 g/mol. The molecule has 0 fully saturated rings. The molecule has 0 saturated heterocycles. The molecule has 0 saturated carbocycles. The molecule has 0 radical (unpaired) electrons. The molecule has 1 unspecified atom stereocenters. The van der Waals surface area contributed by atoms with Crippen molar-refractivity contribution < 1.29 is 14.3 Å². The van der Waals surface area contributed by atoms with Crippen LogP contribution < -0.4 is 0 Å². The van der Waals surface area contributed by atoms with Crippen molar-refractivity contribution in [3.05, 3.63) is 47.3 Å². The molecule has 0 bridgehead atoms. The molecule has 0 aliphatic heterocycles. The van der Waals surface area contributed by atoms with Crippen molar-refractivity contribution in [2.24, 2.45) is 0 Å². The number of halogens is 2. The zero-order valence-corrected chi connectivity index (χ0v) is 8.67. The summed E-state index contributed by atoms with van der Waals surface area (Å²) in [5, 5.41) is 8.87. The van der Waals surface area contributed by atoms with Crippen molar-refractivity contribution >= 4 is 17.6 Å². The van der Waals surface area contributed by atoms with Gasteiger partial charge < -0.3 is 5.11 Å². The Morgan fingerprint density at radius 3 is 2.80 bits per heavy atom. The van der Waals surface area contributed by atoms with E-state index in [2.05, 4.69) is 6.58 Å². The molecule has 0 aliphatic rings. The van der Waals surface area contributed by atoms with Crippen LogP contribution >= 0.6 is 11.6 Å². The summed E-state index contributed by atoms with van der Waals surface area (Å²) in [5.41, 5.74) is 0.480. The van der Waals surface area contributed by atoms with E-state index in [1.807, 2.05) is 0 Å². The van der Waals surface area contributed by atoms with Gasteiger partial charge in [-0.05, 0) is 24.1 Å². The van der Waals surface area contributed by atoms with Crippen molar-refractivity contribution in [1.82, 2.24) is 0 Å². The third-order valence-electron chi connectivity index (χ3n) is 2.05. The number of benzene rings is 1. The second kappa shape index (κ2) is 4.94. The van der Waals surface area contributed by atoms with Crippen LogP contribution in [-0.4, -0.2) is 11.1 Å². The fourth-order valence-corrected chi connectivity index (χ4v) is 1.46. The van der Waals surface area contributed by atoms with Crippen LogP contribution in [0, 0.1) is 5.82 Å². The third kappa shape index (κ3) is 2.80. The third-order valence-corrected chi connectivity index (χ3v) is 2.34.